The fourth-order valence-electron chi connectivity index (χ4n) is 2.94. The van der Waals surface area contributed by atoms with Gasteiger partial charge in [-0.1, -0.05) is 18.6 Å². The van der Waals surface area contributed by atoms with Gasteiger partial charge in [0.25, 0.3) is 5.91 Å². The Morgan fingerprint density at radius 2 is 1.61 bits per heavy atom. The lowest BCUT2D eigenvalue weighted by molar-refractivity contribution is -0.129. The van der Waals surface area contributed by atoms with Crippen molar-refractivity contribution in [3.8, 4) is 17.2 Å². The highest BCUT2D eigenvalue weighted by atomic mass is 16.5. The molecular formula is C23H28N2O6. The standard InChI is InChI=1S/C23H28N2O6/c1-30-19-12-16(13-20(15-19)31-2)14-21(17-7-9-18(26)10-8-17)23(28)24-11-5-3-4-6-22(27)25-29/h7-10,12-15,26,29H,3-6,11H2,1-2H3,(H,24,28)(H,25,27)/b21-14-. The Hall–Kier alpha value is -3.52. The molecule has 0 aliphatic carbocycles. The number of phenols is 1. The van der Waals surface area contributed by atoms with Crippen LogP contribution in [0.4, 0.5) is 0 Å². The van der Waals surface area contributed by atoms with E-state index in [1.54, 1.807) is 56.1 Å². The molecule has 0 unspecified atom stereocenters. The Kier molecular flexibility index (Phi) is 9.38. The van der Waals surface area contributed by atoms with E-state index in [9.17, 15) is 14.7 Å². The van der Waals surface area contributed by atoms with Crippen LogP contribution in [0.15, 0.2) is 42.5 Å². The summed E-state index contributed by atoms with van der Waals surface area (Å²) in [6.45, 7) is 0.441. The van der Waals surface area contributed by atoms with Gasteiger partial charge < -0.3 is 19.9 Å². The predicted octanol–water partition coefficient (Wildman–Crippen LogP) is 3.13. The molecule has 31 heavy (non-hydrogen) atoms. The van der Waals surface area contributed by atoms with Crippen molar-refractivity contribution >= 4 is 23.5 Å². The number of hydroxylamine groups is 1. The number of phenolic OH excluding ortho intramolecular Hbond substituents is 1. The molecule has 0 aliphatic rings. The minimum absolute atomic E-state index is 0.110. The summed E-state index contributed by atoms with van der Waals surface area (Å²) in [4.78, 5) is 23.9. The second kappa shape index (κ2) is 12.2. The van der Waals surface area contributed by atoms with Crippen LogP contribution in [0.5, 0.6) is 17.2 Å². The number of aromatic hydroxyl groups is 1. The summed E-state index contributed by atoms with van der Waals surface area (Å²) in [5.74, 6) is 0.625. The van der Waals surface area contributed by atoms with Crippen molar-refractivity contribution in [2.75, 3.05) is 20.8 Å². The zero-order valence-electron chi connectivity index (χ0n) is 17.7. The van der Waals surface area contributed by atoms with Gasteiger partial charge in [0.2, 0.25) is 5.91 Å². The normalized spacial score (nSPS) is 11.0. The van der Waals surface area contributed by atoms with Gasteiger partial charge in [-0.25, -0.2) is 5.48 Å². The highest BCUT2D eigenvalue weighted by Gasteiger charge is 2.13. The van der Waals surface area contributed by atoms with Crippen molar-refractivity contribution in [2.45, 2.75) is 25.7 Å². The van der Waals surface area contributed by atoms with Crippen LogP contribution in [0.2, 0.25) is 0 Å². The molecule has 166 valence electrons. The number of benzene rings is 2. The van der Waals surface area contributed by atoms with Crippen molar-refractivity contribution in [1.82, 2.24) is 10.8 Å². The van der Waals surface area contributed by atoms with Gasteiger partial charge in [0.05, 0.1) is 14.2 Å². The third-order valence-corrected chi connectivity index (χ3v) is 4.60. The van der Waals surface area contributed by atoms with Gasteiger partial charge in [-0.05, 0) is 54.3 Å². The molecule has 8 heteroatoms. The maximum Gasteiger partial charge on any atom is 0.251 e. The Bertz CT molecular complexity index is 887. The smallest absolute Gasteiger partial charge is 0.251 e. The fraction of sp³-hybridized carbons (Fsp3) is 0.304. The Balaban J connectivity index is 2.16. The van der Waals surface area contributed by atoms with Crippen LogP contribution >= 0.6 is 0 Å². The largest absolute Gasteiger partial charge is 0.508 e. The molecule has 0 radical (unpaired) electrons. The number of carbonyl (C=O) groups excluding carboxylic acids is 2. The van der Waals surface area contributed by atoms with Crippen LogP contribution in [0.25, 0.3) is 11.6 Å². The van der Waals surface area contributed by atoms with E-state index < -0.39 is 5.91 Å². The first-order valence-corrected chi connectivity index (χ1v) is 9.92. The van der Waals surface area contributed by atoms with Crippen LogP contribution in [-0.2, 0) is 9.59 Å². The van der Waals surface area contributed by atoms with Crippen molar-refractivity contribution in [1.29, 1.82) is 0 Å². The SMILES string of the molecule is COc1cc(/C=C(\C(=O)NCCCCCC(=O)NO)c2ccc(O)cc2)cc(OC)c1. The van der Waals surface area contributed by atoms with E-state index in [0.29, 0.717) is 42.0 Å². The topological polar surface area (TPSA) is 117 Å². The summed E-state index contributed by atoms with van der Waals surface area (Å²) in [6, 6.07) is 11.7. The van der Waals surface area contributed by atoms with E-state index in [1.807, 2.05) is 0 Å². The average Bonchev–Trinajstić information content (AvgIpc) is 2.79. The Morgan fingerprint density at radius 1 is 0.968 bits per heavy atom. The van der Waals surface area contributed by atoms with E-state index in [0.717, 1.165) is 12.0 Å². The molecular weight excluding hydrogens is 400 g/mol. The summed E-state index contributed by atoms with van der Waals surface area (Å²) >= 11 is 0. The predicted molar refractivity (Wildman–Crippen MR) is 117 cm³/mol. The number of ether oxygens (including phenoxy) is 2. The van der Waals surface area contributed by atoms with E-state index in [-0.39, 0.29) is 18.1 Å². The number of unbranched alkanes of at least 4 members (excludes halogenated alkanes) is 2. The molecule has 0 fully saturated rings. The molecule has 0 aromatic heterocycles. The number of amides is 2. The maximum absolute atomic E-state index is 12.9. The molecule has 4 N–H and O–H groups in total. The summed E-state index contributed by atoms with van der Waals surface area (Å²) in [5, 5.41) is 21.0. The molecule has 0 atom stereocenters. The van der Waals surface area contributed by atoms with Crippen molar-refractivity contribution in [3.05, 3.63) is 53.6 Å². The van der Waals surface area contributed by atoms with Crippen LogP contribution in [0, 0.1) is 0 Å². The number of nitrogens with one attached hydrogen (secondary N) is 2. The lowest BCUT2D eigenvalue weighted by atomic mass is 10.0. The Morgan fingerprint density at radius 3 is 2.19 bits per heavy atom. The van der Waals surface area contributed by atoms with Gasteiger partial charge in [-0.15, -0.1) is 0 Å². The monoisotopic (exact) mass is 428 g/mol. The van der Waals surface area contributed by atoms with Crippen molar-refractivity contribution < 1.29 is 29.4 Å². The molecule has 0 saturated carbocycles. The number of carbonyl (C=O) groups is 2. The number of methoxy groups -OCH3 is 2. The molecule has 2 amide bonds. The zero-order valence-corrected chi connectivity index (χ0v) is 17.7. The first kappa shape index (κ1) is 23.8. The van der Waals surface area contributed by atoms with Crippen LogP contribution < -0.4 is 20.3 Å². The van der Waals surface area contributed by atoms with Gasteiger partial charge >= 0.3 is 0 Å². The molecule has 0 aliphatic heterocycles. The molecule has 0 heterocycles. The number of hydrogen-bond acceptors (Lipinski definition) is 6. The van der Waals surface area contributed by atoms with E-state index in [2.05, 4.69) is 5.32 Å². The lowest BCUT2D eigenvalue weighted by Crippen LogP contribution is -2.25. The number of rotatable bonds is 11. The molecule has 8 nitrogen and oxygen atoms in total. The second-order valence-corrected chi connectivity index (χ2v) is 6.85. The second-order valence-electron chi connectivity index (χ2n) is 6.85. The van der Waals surface area contributed by atoms with Gasteiger partial charge in [-0.3, -0.25) is 14.8 Å². The van der Waals surface area contributed by atoms with E-state index >= 15 is 0 Å². The van der Waals surface area contributed by atoms with Crippen LogP contribution in [0.1, 0.15) is 36.8 Å². The van der Waals surface area contributed by atoms with Gasteiger partial charge in [-0.2, -0.15) is 0 Å². The molecule has 0 bridgehead atoms. The first-order valence-electron chi connectivity index (χ1n) is 9.92. The lowest BCUT2D eigenvalue weighted by Gasteiger charge is -2.11. The molecule has 2 rings (SSSR count). The highest BCUT2D eigenvalue weighted by molar-refractivity contribution is 6.24. The molecule has 0 spiro atoms. The van der Waals surface area contributed by atoms with Crippen molar-refractivity contribution in [3.63, 3.8) is 0 Å². The highest BCUT2D eigenvalue weighted by Crippen LogP contribution is 2.27. The minimum atomic E-state index is -0.421. The molecule has 0 saturated heterocycles. The molecule has 2 aromatic rings. The summed E-state index contributed by atoms with van der Waals surface area (Å²) in [7, 11) is 3.11. The Labute approximate surface area is 181 Å². The summed E-state index contributed by atoms with van der Waals surface area (Å²) < 4.78 is 10.6. The van der Waals surface area contributed by atoms with E-state index in [1.165, 1.54) is 12.1 Å². The minimum Gasteiger partial charge on any atom is -0.508 e. The zero-order chi connectivity index (χ0) is 22.6. The third kappa shape index (κ3) is 7.67. The fourth-order valence-corrected chi connectivity index (χ4v) is 2.94. The van der Waals surface area contributed by atoms with Crippen molar-refractivity contribution in [2.24, 2.45) is 0 Å². The van der Waals surface area contributed by atoms with Crippen LogP contribution in [-0.4, -0.2) is 42.9 Å². The summed E-state index contributed by atoms with van der Waals surface area (Å²) in [5.41, 5.74) is 3.40. The average molecular weight is 428 g/mol. The third-order valence-electron chi connectivity index (χ3n) is 4.60. The maximum atomic E-state index is 12.9. The van der Waals surface area contributed by atoms with Gasteiger partial charge in [0.1, 0.15) is 17.2 Å². The van der Waals surface area contributed by atoms with Gasteiger partial charge in [0.15, 0.2) is 0 Å². The summed E-state index contributed by atoms with van der Waals surface area (Å²) in [6.07, 6.45) is 4.02. The quantitative estimate of drug-likeness (QED) is 0.144. The number of hydrogen-bond donors (Lipinski definition) is 4. The van der Waals surface area contributed by atoms with Crippen LogP contribution in [0.3, 0.4) is 0 Å². The van der Waals surface area contributed by atoms with Gasteiger partial charge in [0, 0.05) is 24.6 Å². The molecule has 2 aromatic carbocycles. The van der Waals surface area contributed by atoms with E-state index in [4.69, 9.17) is 14.7 Å². The first-order chi connectivity index (χ1) is 15.0.